The van der Waals surface area contributed by atoms with Crippen LogP contribution < -0.4 is 0 Å². The lowest BCUT2D eigenvalue weighted by Crippen LogP contribution is -2.35. The van der Waals surface area contributed by atoms with Crippen LogP contribution in [0.25, 0.3) is 0 Å². The third kappa shape index (κ3) is 4.52. The molecule has 4 fully saturated rings. The summed E-state index contributed by atoms with van der Waals surface area (Å²) in [4.78, 5) is 0. The second-order valence-corrected chi connectivity index (χ2v) is 11.2. The van der Waals surface area contributed by atoms with Crippen LogP contribution in [0.1, 0.15) is 71.6 Å². The van der Waals surface area contributed by atoms with Gasteiger partial charge in [0.15, 0.2) is 0 Å². The molecule has 4 rings (SSSR count). The molecule has 4 saturated carbocycles. The largest absolute Gasteiger partial charge is 0.393 e. The van der Waals surface area contributed by atoms with Gasteiger partial charge in [0, 0.05) is 6.42 Å². The fourth-order valence-electron chi connectivity index (χ4n) is 6.60. The molecule has 0 spiro atoms. The monoisotopic (exact) mass is 430 g/mol. The van der Waals surface area contributed by atoms with Gasteiger partial charge in [0.05, 0.1) is 17.6 Å². The number of halogens is 1. The van der Waals surface area contributed by atoms with Gasteiger partial charge in [-0.25, -0.2) is 0 Å². The molecule has 7 atom stereocenters. The first-order chi connectivity index (χ1) is 14.3. The number of hydrogen-bond acceptors (Lipinski definition) is 2. The minimum Gasteiger partial charge on any atom is -0.393 e. The molecule has 166 valence electrons. The van der Waals surface area contributed by atoms with Crippen molar-refractivity contribution in [1.82, 2.24) is 0 Å². The molecule has 0 radical (unpaired) electrons. The average molecular weight is 431 g/mol. The SMILES string of the molecule is C=C1C(=CC=C2CCC[C@@]3(C)C2CC[C@@H]3[C@H](C)C=CC(Cl)C2CC2)C[C@@H](O)C[C@@H]1O. The van der Waals surface area contributed by atoms with Gasteiger partial charge >= 0.3 is 0 Å². The van der Waals surface area contributed by atoms with E-state index in [-0.39, 0.29) is 5.38 Å². The summed E-state index contributed by atoms with van der Waals surface area (Å²) in [6.45, 7) is 8.97. The average Bonchev–Trinajstić information content (AvgIpc) is 3.49. The Labute approximate surface area is 187 Å². The Kier molecular flexibility index (Phi) is 6.68. The van der Waals surface area contributed by atoms with Crippen LogP contribution in [0, 0.1) is 29.1 Å². The highest BCUT2D eigenvalue weighted by Crippen LogP contribution is 2.59. The molecule has 3 heteroatoms. The molecule has 0 aliphatic heterocycles. The molecule has 0 aromatic heterocycles. The molecule has 0 aromatic rings. The summed E-state index contributed by atoms with van der Waals surface area (Å²) in [5, 5.41) is 20.4. The summed E-state index contributed by atoms with van der Waals surface area (Å²) in [6.07, 6.45) is 17.9. The zero-order valence-corrected chi connectivity index (χ0v) is 19.5. The lowest BCUT2D eigenvalue weighted by atomic mass is 9.61. The van der Waals surface area contributed by atoms with Gasteiger partial charge < -0.3 is 10.2 Å². The number of aliphatic hydroxyl groups is 2. The Balaban J connectivity index is 1.48. The number of rotatable bonds is 5. The van der Waals surface area contributed by atoms with E-state index in [4.69, 9.17) is 11.6 Å². The van der Waals surface area contributed by atoms with E-state index < -0.39 is 12.2 Å². The minimum absolute atomic E-state index is 0.222. The Morgan fingerprint density at radius 2 is 1.90 bits per heavy atom. The lowest BCUT2D eigenvalue weighted by Gasteiger charge is -2.44. The van der Waals surface area contributed by atoms with Crippen molar-refractivity contribution in [1.29, 1.82) is 0 Å². The van der Waals surface area contributed by atoms with Gasteiger partial charge in [0.2, 0.25) is 0 Å². The molecular formula is C27H39ClO2. The Morgan fingerprint density at radius 3 is 2.63 bits per heavy atom. The summed E-state index contributed by atoms with van der Waals surface area (Å²) in [5.41, 5.74) is 3.71. The zero-order valence-electron chi connectivity index (χ0n) is 18.7. The van der Waals surface area contributed by atoms with E-state index in [9.17, 15) is 10.2 Å². The molecule has 30 heavy (non-hydrogen) atoms. The number of fused-ring (bicyclic) bond motifs is 1. The fourth-order valence-corrected chi connectivity index (χ4v) is 6.93. The predicted molar refractivity (Wildman–Crippen MR) is 125 cm³/mol. The van der Waals surface area contributed by atoms with E-state index in [0.29, 0.717) is 41.9 Å². The lowest BCUT2D eigenvalue weighted by molar-refractivity contribution is 0.0862. The van der Waals surface area contributed by atoms with E-state index in [1.54, 1.807) is 5.57 Å². The standard InChI is InChI=1S/C27H39ClO2/c1-17(6-13-25(28)20-8-9-20)23-11-12-24-19(5-4-14-27(23,24)3)7-10-21-15-22(29)16-26(30)18(21)2/h6-7,10,13,17,20,22-26,29-30H,2,4-5,8-9,11-12,14-16H2,1,3H3/t17-,22-,23-,24?,25?,26+,27-/m1/s1. The first-order valence-electron chi connectivity index (χ1n) is 12.1. The van der Waals surface area contributed by atoms with Crippen molar-refractivity contribution in [3.05, 3.63) is 47.6 Å². The van der Waals surface area contributed by atoms with Crippen LogP contribution in [0.15, 0.2) is 47.6 Å². The molecule has 2 N–H and O–H groups in total. The smallest absolute Gasteiger partial charge is 0.0811 e. The normalized spacial score (nSPS) is 42.1. The van der Waals surface area contributed by atoms with Gasteiger partial charge in [-0.2, -0.15) is 0 Å². The second kappa shape index (κ2) is 8.96. The summed E-state index contributed by atoms with van der Waals surface area (Å²) in [5.74, 6) is 2.64. The van der Waals surface area contributed by atoms with E-state index in [1.165, 1.54) is 44.9 Å². The minimum atomic E-state index is -0.611. The molecule has 0 saturated heterocycles. The van der Waals surface area contributed by atoms with Crippen LogP contribution in [0.4, 0.5) is 0 Å². The van der Waals surface area contributed by atoms with Crippen molar-refractivity contribution in [3.63, 3.8) is 0 Å². The molecule has 0 aromatic carbocycles. The maximum atomic E-state index is 10.1. The summed E-state index contributed by atoms with van der Waals surface area (Å²) in [6, 6.07) is 0. The van der Waals surface area contributed by atoms with Crippen LogP contribution in [0.5, 0.6) is 0 Å². The van der Waals surface area contributed by atoms with Crippen molar-refractivity contribution in [2.24, 2.45) is 29.1 Å². The van der Waals surface area contributed by atoms with Crippen molar-refractivity contribution < 1.29 is 10.2 Å². The first kappa shape index (κ1) is 22.4. The summed E-state index contributed by atoms with van der Waals surface area (Å²) < 4.78 is 0. The molecule has 0 amide bonds. The van der Waals surface area contributed by atoms with E-state index in [2.05, 4.69) is 44.7 Å². The van der Waals surface area contributed by atoms with Crippen molar-refractivity contribution in [2.45, 2.75) is 89.2 Å². The van der Waals surface area contributed by atoms with Gasteiger partial charge in [0.1, 0.15) is 0 Å². The maximum Gasteiger partial charge on any atom is 0.0811 e. The number of aliphatic hydroxyl groups excluding tert-OH is 2. The van der Waals surface area contributed by atoms with Crippen LogP contribution in [0.2, 0.25) is 0 Å². The molecular weight excluding hydrogens is 392 g/mol. The second-order valence-electron chi connectivity index (χ2n) is 10.7. The quantitative estimate of drug-likeness (QED) is 0.394. The van der Waals surface area contributed by atoms with E-state index in [0.717, 1.165) is 11.1 Å². The summed E-state index contributed by atoms with van der Waals surface area (Å²) >= 11 is 6.53. The summed E-state index contributed by atoms with van der Waals surface area (Å²) in [7, 11) is 0. The topological polar surface area (TPSA) is 40.5 Å². The zero-order chi connectivity index (χ0) is 21.5. The molecule has 0 heterocycles. The van der Waals surface area contributed by atoms with E-state index >= 15 is 0 Å². The third-order valence-electron chi connectivity index (χ3n) is 8.61. The number of hydrogen-bond donors (Lipinski definition) is 2. The van der Waals surface area contributed by atoms with Crippen molar-refractivity contribution >= 4 is 11.6 Å². The molecule has 0 bridgehead atoms. The van der Waals surface area contributed by atoms with Crippen molar-refractivity contribution in [3.8, 4) is 0 Å². The maximum absolute atomic E-state index is 10.1. The van der Waals surface area contributed by atoms with Crippen molar-refractivity contribution in [2.75, 3.05) is 0 Å². The molecule has 4 aliphatic carbocycles. The molecule has 2 nitrogen and oxygen atoms in total. The fraction of sp³-hybridized carbons (Fsp3) is 0.704. The third-order valence-corrected chi connectivity index (χ3v) is 9.11. The predicted octanol–water partition coefficient (Wildman–Crippen LogP) is 6.34. The number of allylic oxidation sites excluding steroid dienone is 5. The number of alkyl halides is 1. The van der Waals surface area contributed by atoms with E-state index in [1.807, 2.05) is 0 Å². The van der Waals surface area contributed by atoms with Crippen LogP contribution in [-0.4, -0.2) is 27.8 Å². The van der Waals surface area contributed by atoms with Gasteiger partial charge in [-0.3, -0.25) is 0 Å². The van der Waals surface area contributed by atoms with Gasteiger partial charge in [-0.15, -0.1) is 11.6 Å². The molecule has 4 aliphatic rings. The van der Waals surface area contributed by atoms with Gasteiger partial charge in [-0.05, 0) is 91.6 Å². The Morgan fingerprint density at radius 1 is 1.13 bits per heavy atom. The van der Waals surface area contributed by atoms with Crippen LogP contribution >= 0.6 is 11.6 Å². The molecule has 2 unspecified atom stereocenters. The highest BCUT2D eigenvalue weighted by molar-refractivity contribution is 6.22. The first-order valence-corrected chi connectivity index (χ1v) is 12.5. The highest BCUT2D eigenvalue weighted by atomic mass is 35.5. The van der Waals surface area contributed by atoms with Gasteiger partial charge in [-0.1, -0.05) is 50.3 Å². The van der Waals surface area contributed by atoms with Crippen LogP contribution in [0.3, 0.4) is 0 Å². The van der Waals surface area contributed by atoms with Gasteiger partial charge in [0.25, 0.3) is 0 Å². The highest BCUT2D eigenvalue weighted by Gasteiger charge is 2.50. The van der Waals surface area contributed by atoms with Crippen LogP contribution in [-0.2, 0) is 0 Å². The Bertz CT molecular complexity index is 746. The Hall–Kier alpha value is -0.830.